The molecule has 0 aliphatic carbocycles. The second-order valence-corrected chi connectivity index (χ2v) is 3.77. The summed E-state index contributed by atoms with van der Waals surface area (Å²) >= 11 is 0. The molecule has 0 aromatic carbocycles. The normalized spacial score (nSPS) is 21.8. The number of ether oxygens (including phenoxy) is 3. The number of hydrogen-bond acceptors (Lipinski definition) is 4. The Labute approximate surface area is 92.3 Å². The fraction of sp³-hybridized carbons (Fsp3) is 1.00. The van der Waals surface area contributed by atoms with Crippen LogP contribution in [0.25, 0.3) is 0 Å². The van der Waals surface area contributed by atoms with Gasteiger partial charge in [-0.1, -0.05) is 6.92 Å². The highest BCUT2D eigenvalue weighted by atomic mass is 16.7. The van der Waals surface area contributed by atoms with Gasteiger partial charge in [0.2, 0.25) is 0 Å². The van der Waals surface area contributed by atoms with Gasteiger partial charge in [-0.3, -0.25) is 0 Å². The number of nitrogens with one attached hydrogen (secondary N) is 1. The molecule has 0 bridgehead atoms. The van der Waals surface area contributed by atoms with Crippen molar-refractivity contribution in [1.29, 1.82) is 0 Å². The molecule has 1 N–H and O–H groups in total. The summed E-state index contributed by atoms with van der Waals surface area (Å²) in [5.41, 5.74) is 0. The average Bonchev–Trinajstić information content (AvgIpc) is 2.29. The van der Waals surface area contributed by atoms with Gasteiger partial charge in [0.25, 0.3) is 0 Å². The second-order valence-electron chi connectivity index (χ2n) is 3.77. The summed E-state index contributed by atoms with van der Waals surface area (Å²) in [6.07, 6.45) is 3.50. The third-order valence-electron chi connectivity index (χ3n) is 2.33. The molecule has 1 rings (SSSR count). The third-order valence-corrected chi connectivity index (χ3v) is 2.33. The summed E-state index contributed by atoms with van der Waals surface area (Å²) < 4.78 is 15.9. The Bertz CT molecular complexity index is 138. The van der Waals surface area contributed by atoms with Gasteiger partial charge in [0.1, 0.15) is 6.79 Å². The molecule has 4 nitrogen and oxygen atoms in total. The van der Waals surface area contributed by atoms with Crippen molar-refractivity contribution in [2.45, 2.75) is 32.3 Å². The molecular formula is C11H23NO3. The zero-order valence-electron chi connectivity index (χ0n) is 9.67. The fourth-order valence-corrected chi connectivity index (χ4v) is 1.47. The molecule has 1 aliphatic heterocycles. The lowest BCUT2D eigenvalue weighted by Crippen LogP contribution is -2.34. The first-order valence-electron chi connectivity index (χ1n) is 5.91. The highest BCUT2D eigenvalue weighted by molar-refractivity contribution is 4.63. The van der Waals surface area contributed by atoms with Crippen molar-refractivity contribution in [2.75, 3.05) is 39.7 Å². The van der Waals surface area contributed by atoms with E-state index < -0.39 is 0 Å². The Kier molecular flexibility index (Phi) is 7.83. The maximum atomic E-state index is 5.41. The molecule has 1 aliphatic rings. The molecule has 0 radical (unpaired) electrons. The predicted molar refractivity (Wildman–Crippen MR) is 58.9 cm³/mol. The molecular weight excluding hydrogens is 194 g/mol. The highest BCUT2D eigenvalue weighted by Crippen LogP contribution is 2.04. The van der Waals surface area contributed by atoms with Crippen molar-refractivity contribution in [1.82, 2.24) is 5.32 Å². The molecule has 4 heteroatoms. The van der Waals surface area contributed by atoms with E-state index in [-0.39, 0.29) is 0 Å². The van der Waals surface area contributed by atoms with Crippen LogP contribution in [0, 0.1) is 0 Å². The van der Waals surface area contributed by atoms with Crippen LogP contribution in [0.5, 0.6) is 0 Å². The molecule has 1 unspecified atom stereocenters. The molecule has 1 heterocycles. The number of rotatable bonds is 8. The summed E-state index contributed by atoms with van der Waals surface area (Å²) in [6, 6.07) is 0. The minimum atomic E-state index is 0.329. The summed E-state index contributed by atoms with van der Waals surface area (Å²) in [6.45, 7) is 7.07. The van der Waals surface area contributed by atoms with Crippen LogP contribution in [0.1, 0.15) is 26.2 Å². The SMILES string of the molecule is CCCOCCCNCC1CCOCO1. The zero-order chi connectivity index (χ0) is 10.8. The lowest BCUT2D eigenvalue weighted by molar-refractivity contribution is -0.137. The molecule has 1 saturated heterocycles. The summed E-state index contributed by atoms with van der Waals surface area (Å²) in [7, 11) is 0. The van der Waals surface area contributed by atoms with E-state index in [1.54, 1.807) is 0 Å². The van der Waals surface area contributed by atoms with Gasteiger partial charge in [-0.15, -0.1) is 0 Å². The van der Waals surface area contributed by atoms with Crippen LogP contribution in [-0.2, 0) is 14.2 Å². The van der Waals surface area contributed by atoms with Gasteiger partial charge in [-0.05, 0) is 25.8 Å². The van der Waals surface area contributed by atoms with Crippen LogP contribution in [0.2, 0.25) is 0 Å². The minimum Gasteiger partial charge on any atom is -0.381 e. The molecule has 1 atom stereocenters. The van der Waals surface area contributed by atoms with E-state index in [4.69, 9.17) is 14.2 Å². The Morgan fingerprint density at radius 2 is 2.33 bits per heavy atom. The van der Waals surface area contributed by atoms with E-state index in [0.717, 1.165) is 52.2 Å². The van der Waals surface area contributed by atoms with E-state index in [2.05, 4.69) is 12.2 Å². The van der Waals surface area contributed by atoms with Gasteiger partial charge in [0.15, 0.2) is 0 Å². The first-order valence-corrected chi connectivity index (χ1v) is 5.91. The Hall–Kier alpha value is -0.160. The summed E-state index contributed by atoms with van der Waals surface area (Å²) in [4.78, 5) is 0. The van der Waals surface area contributed by atoms with Crippen LogP contribution >= 0.6 is 0 Å². The van der Waals surface area contributed by atoms with Crippen LogP contribution < -0.4 is 5.32 Å². The zero-order valence-corrected chi connectivity index (χ0v) is 9.67. The van der Waals surface area contributed by atoms with Crippen LogP contribution in [-0.4, -0.2) is 45.8 Å². The van der Waals surface area contributed by atoms with Crippen LogP contribution in [0.4, 0.5) is 0 Å². The standard InChI is InChI=1S/C11H23NO3/c1-2-6-13-7-3-5-12-9-11-4-8-14-10-15-11/h11-12H,2-10H2,1H3. The van der Waals surface area contributed by atoms with E-state index >= 15 is 0 Å². The molecule has 0 aromatic rings. The van der Waals surface area contributed by atoms with Crippen molar-refractivity contribution in [3.05, 3.63) is 0 Å². The van der Waals surface area contributed by atoms with Gasteiger partial charge < -0.3 is 19.5 Å². The number of hydrogen-bond donors (Lipinski definition) is 1. The van der Waals surface area contributed by atoms with E-state index in [9.17, 15) is 0 Å². The van der Waals surface area contributed by atoms with Gasteiger partial charge >= 0.3 is 0 Å². The molecule has 0 amide bonds. The Morgan fingerprint density at radius 1 is 1.40 bits per heavy atom. The van der Waals surface area contributed by atoms with E-state index in [1.807, 2.05) is 0 Å². The first-order chi connectivity index (χ1) is 7.43. The smallest absolute Gasteiger partial charge is 0.147 e. The molecule has 0 aromatic heterocycles. The van der Waals surface area contributed by atoms with E-state index in [0.29, 0.717) is 12.9 Å². The largest absolute Gasteiger partial charge is 0.381 e. The Morgan fingerprint density at radius 3 is 3.07 bits per heavy atom. The quantitative estimate of drug-likeness (QED) is 0.619. The predicted octanol–water partition coefficient (Wildman–Crippen LogP) is 1.16. The monoisotopic (exact) mass is 217 g/mol. The molecule has 0 spiro atoms. The van der Waals surface area contributed by atoms with Gasteiger partial charge in [-0.2, -0.15) is 0 Å². The molecule has 1 fully saturated rings. The van der Waals surface area contributed by atoms with Crippen molar-refractivity contribution < 1.29 is 14.2 Å². The van der Waals surface area contributed by atoms with Crippen molar-refractivity contribution >= 4 is 0 Å². The van der Waals surface area contributed by atoms with Crippen LogP contribution in [0.15, 0.2) is 0 Å². The molecule has 90 valence electrons. The topological polar surface area (TPSA) is 39.7 Å². The molecule has 15 heavy (non-hydrogen) atoms. The average molecular weight is 217 g/mol. The van der Waals surface area contributed by atoms with Crippen molar-refractivity contribution in [2.24, 2.45) is 0 Å². The lowest BCUT2D eigenvalue weighted by atomic mass is 10.2. The maximum Gasteiger partial charge on any atom is 0.147 e. The third kappa shape index (κ3) is 6.84. The Balaban J connectivity index is 1.79. The fourth-order valence-electron chi connectivity index (χ4n) is 1.47. The first kappa shape index (κ1) is 12.9. The maximum absolute atomic E-state index is 5.41. The van der Waals surface area contributed by atoms with E-state index in [1.165, 1.54) is 0 Å². The van der Waals surface area contributed by atoms with Crippen molar-refractivity contribution in [3.63, 3.8) is 0 Å². The lowest BCUT2D eigenvalue weighted by Gasteiger charge is -2.22. The summed E-state index contributed by atoms with van der Waals surface area (Å²) in [5, 5.41) is 3.37. The van der Waals surface area contributed by atoms with Gasteiger partial charge in [-0.25, -0.2) is 0 Å². The summed E-state index contributed by atoms with van der Waals surface area (Å²) in [5.74, 6) is 0. The van der Waals surface area contributed by atoms with Gasteiger partial charge in [0.05, 0.1) is 12.7 Å². The van der Waals surface area contributed by atoms with Gasteiger partial charge in [0, 0.05) is 19.8 Å². The molecule has 0 saturated carbocycles. The minimum absolute atomic E-state index is 0.329. The van der Waals surface area contributed by atoms with Crippen LogP contribution in [0.3, 0.4) is 0 Å². The highest BCUT2D eigenvalue weighted by Gasteiger charge is 2.12. The van der Waals surface area contributed by atoms with Crippen molar-refractivity contribution in [3.8, 4) is 0 Å². The second kappa shape index (κ2) is 9.09.